The van der Waals surface area contributed by atoms with Crippen LogP contribution in [0, 0.1) is 0 Å². The normalized spacial score (nSPS) is 11.6. The van der Waals surface area contributed by atoms with Crippen molar-refractivity contribution in [1.82, 2.24) is 0 Å². The second kappa shape index (κ2) is 3.71. The first kappa shape index (κ1) is 9.93. The van der Waals surface area contributed by atoms with Gasteiger partial charge >= 0.3 is 77.6 Å². The van der Waals surface area contributed by atoms with E-state index in [0.29, 0.717) is 0 Å². The molecule has 0 saturated carbocycles. The van der Waals surface area contributed by atoms with E-state index in [0.717, 1.165) is 4.90 Å². The molecule has 0 unspecified atom stereocenters. The molecule has 0 bridgehead atoms. The average molecular weight is 248 g/mol. The van der Waals surface area contributed by atoms with Crippen LogP contribution in [0.15, 0.2) is 29.2 Å². The fourth-order valence-electron chi connectivity index (χ4n) is 0.776. The van der Waals surface area contributed by atoms with Gasteiger partial charge in [-0.05, 0) is 0 Å². The molecule has 0 aliphatic heterocycles. The second-order valence-electron chi connectivity index (χ2n) is 2.24. The average Bonchev–Trinajstić information content (AvgIpc) is 2.03. The molecule has 0 radical (unpaired) electrons. The van der Waals surface area contributed by atoms with Crippen molar-refractivity contribution in [1.29, 1.82) is 0 Å². The topological polar surface area (TPSA) is 57.5 Å². The molecule has 3 nitrogen and oxygen atoms in total. The Bertz CT molecular complexity index is 303. The summed E-state index contributed by atoms with van der Waals surface area (Å²) in [5.74, 6) is 0. The van der Waals surface area contributed by atoms with Crippen LogP contribution in [0.2, 0.25) is 0 Å². The van der Waals surface area contributed by atoms with Crippen molar-refractivity contribution in [3.8, 4) is 0 Å². The van der Waals surface area contributed by atoms with Gasteiger partial charge in [-0.15, -0.1) is 0 Å². The first-order chi connectivity index (χ1) is 5.54. The van der Waals surface area contributed by atoms with Crippen LogP contribution in [-0.4, -0.2) is 28.6 Å². The predicted molar refractivity (Wildman–Crippen MR) is 48.7 cm³/mol. The third-order valence-electron chi connectivity index (χ3n) is 1.41. The van der Waals surface area contributed by atoms with Gasteiger partial charge in [0, 0.05) is 0 Å². The molecule has 0 saturated heterocycles. The summed E-state index contributed by atoms with van der Waals surface area (Å²) in [6, 6.07) is 6.37. The number of hydrogen-bond donors (Lipinski definition) is 2. The van der Waals surface area contributed by atoms with Gasteiger partial charge in [0.2, 0.25) is 0 Å². The van der Waals surface area contributed by atoms with E-state index < -0.39 is 14.2 Å². The standard InChI is InChI=1S/C7H9AsO3S/c1-12-7-4-2-6(3-5-7)8(9,10)11/h2-5H,1H3,(H2,9,10,11). The molecule has 0 aliphatic carbocycles. The summed E-state index contributed by atoms with van der Waals surface area (Å²) in [6.07, 6.45) is 1.91. The molecule has 2 N–H and O–H groups in total. The molecule has 66 valence electrons. The van der Waals surface area contributed by atoms with E-state index in [9.17, 15) is 3.74 Å². The van der Waals surface area contributed by atoms with E-state index in [4.69, 9.17) is 8.19 Å². The quantitative estimate of drug-likeness (QED) is 0.570. The first-order valence-electron chi connectivity index (χ1n) is 3.24. The van der Waals surface area contributed by atoms with E-state index >= 15 is 0 Å². The number of hydrogen-bond acceptors (Lipinski definition) is 2. The van der Waals surface area contributed by atoms with E-state index in [1.165, 1.54) is 12.1 Å². The van der Waals surface area contributed by atoms with Gasteiger partial charge in [0.1, 0.15) is 0 Å². The van der Waals surface area contributed by atoms with Crippen LogP contribution in [0.4, 0.5) is 0 Å². The van der Waals surface area contributed by atoms with E-state index in [2.05, 4.69) is 0 Å². The fourth-order valence-corrected chi connectivity index (χ4v) is 2.31. The molecule has 5 heteroatoms. The molecule has 0 amide bonds. The maximum atomic E-state index is 10.8. The Balaban J connectivity index is 3.01. The van der Waals surface area contributed by atoms with E-state index in [1.54, 1.807) is 23.9 Å². The minimum absolute atomic E-state index is 0.130. The Kier molecular flexibility index (Phi) is 3.07. The summed E-state index contributed by atoms with van der Waals surface area (Å²) in [7, 11) is 0. The Hall–Kier alpha value is -0.152. The molecule has 12 heavy (non-hydrogen) atoms. The fraction of sp³-hybridized carbons (Fsp3) is 0.143. The Morgan fingerprint density at radius 3 is 2.08 bits per heavy atom. The molecule has 0 aromatic heterocycles. The Labute approximate surface area is 77.8 Å². The first-order valence-corrected chi connectivity index (χ1v) is 7.85. The van der Waals surface area contributed by atoms with Gasteiger partial charge in [0.05, 0.1) is 0 Å². The van der Waals surface area contributed by atoms with Crippen molar-refractivity contribution in [3.05, 3.63) is 24.3 Å². The van der Waals surface area contributed by atoms with Gasteiger partial charge in [-0.2, -0.15) is 0 Å². The van der Waals surface area contributed by atoms with Crippen molar-refractivity contribution in [3.63, 3.8) is 0 Å². The summed E-state index contributed by atoms with van der Waals surface area (Å²) >= 11 is -3.11. The predicted octanol–water partition coefficient (Wildman–Crippen LogP) is -0.0305. The zero-order valence-electron chi connectivity index (χ0n) is 6.47. The van der Waals surface area contributed by atoms with E-state index in [1.807, 2.05) is 6.26 Å². The van der Waals surface area contributed by atoms with Crippen molar-refractivity contribution in [2.45, 2.75) is 4.90 Å². The molecular weight excluding hydrogens is 239 g/mol. The van der Waals surface area contributed by atoms with Crippen LogP contribution < -0.4 is 4.35 Å². The van der Waals surface area contributed by atoms with Crippen LogP contribution >= 0.6 is 11.8 Å². The summed E-state index contributed by atoms with van der Waals surface area (Å²) < 4.78 is 28.5. The Morgan fingerprint density at radius 1 is 1.25 bits per heavy atom. The molecule has 0 fully saturated rings. The molecule has 1 rings (SSSR count). The van der Waals surface area contributed by atoms with Gasteiger partial charge in [-0.3, -0.25) is 0 Å². The Morgan fingerprint density at radius 2 is 1.75 bits per heavy atom. The molecule has 1 aromatic carbocycles. The van der Waals surface area contributed by atoms with Gasteiger partial charge < -0.3 is 0 Å². The monoisotopic (exact) mass is 248 g/mol. The number of benzene rings is 1. The zero-order chi connectivity index (χ0) is 9.19. The zero-order valence-corrected chi connectivity index (χ0v) is 9.16. The van der Waals surface area contributed by atoms with Crippen LogP contribution in [0.3, 0.4) is 0 Å². The molecular formula is C7H9AsO3S. The van der Waals surface area contributed by atoms with Crippen LogP contribution in [0.25, 0.3) is 0 Å². The number of thioether (sulfide) groups is 1. The maximum absolute atomic E-state index is 10.8. The van der Waals surface area contributed by atoms with Crippen molar-refractivity contribution in [2.75, 3.05) is 6.26 Å². The van der Waals surface area contributed by atoms with Gasteiger partial charge in [-0.25, -0.2) is 0 Å². The van der Waals surface area contributed by atoms with Gasteiger partial charge in [0.15, 0.2) is 0 Å². The second-order valence-corrected chi connectivity index (χ2v) is 6.49. The van der Waals surface area contributed by atoms with Gasteiger partial charge in [-0.1, -0.05) is 0 Å². The van der Waals surface area contributed by atoms with Crippen LogP contribution in [0.5, 0.6) is 0 Å². The number of rotatable bonds is 2. The molecule has 0 atom stereocenters. The van der Waals surface area contributed by atoms with Gasteiger partial charge in [0.25, 0.3) is 0 Å². The third-order valence-corrected chi connectivity index (χ3v) is 4.19. The summed E-state index contributed by atoms with van der Waals surface area (Å²) in [4.78, 5) is 1.00. The molecule has 0 aliphatic rings. The summed E-state index contributed by atoms with van der Waals surface area (Å²) in [6.45, 7) is 0. The van der Waals surface area contributed by atoms with E-state index in [-0.39, 0.29) is 4.35 Å². The molecule has 0 heterocycles. The van der Waals surface area contributed by atoms with Crippen molar-refractivity contribution >= 4 is 30.3 Å². The van der Waals surface area contributed by atoms with Crippen molar-refractivity contribution < 1.29 is 11.9 Å². The summed E-state index contributed by atoms with van der Waals surface area (Å²) in [5.41, 5.74) is 0. The van der Waals surface area contributed by atoms with Crippen LogP contribution in [0.1, 0.15) is 0 Å². The molecule has 0 spiro atoms. The third kappa shape index (κ3) is 2.42. The molecule has 1 aromatic rings. The van der Waals surface area contributed by atoms with Crippen molar-refractivity contribution in [2.24, 2.45) is 0 Å². The van der Waals surface area contributed by atoms with Crippen LogP contribution in [-0.2, 0) is 3.74 Å². The minimum atomic E-state index is -4.65. The summed E-state index contributed by atoms with van der Waals surface area (Å²) in [5, 5.41) is 0. The SMILES string of the molecule is CSc1ccc([As](=O)(O)O)cc1.